The van der Waals surface area contributed by atoms with Crippen molar-refractivity contribution in [2.24, 2.45) is 11.3 Å². The summed E-state index contributed by atoms with van der Waals surface area (Å²) in [5.41, 5.74) is 1.18. The molecule has 5 heteroatoms. The van der Waals surface area contributed by atoms with Gasteiger partial charge >= 0.3 is 0 Å². The fraction of sp³-hybridized carbons (Fsp3) is 0.682. The summed E-state index contributed by atoms with van der Waals surface area (Å²) in [7, 11) is 0. The van der Waals surface area contributed by atoms with Gasteiger partial charge in [0.2, 0.25) is 5.91 Å². The number of ether oxygens (including phenoxy) is 1. The zero-order valence-corrected chi connectivity index (χ0v) is 16.2. The molecule has 3 fully saturated rings. The lowest BCUT2D eigenvalue weighted by molar-refractivity contribution is -0.130. The highest BCUT2D eigenvalue weighted by molar-refractivity contribution is 5.79. The van der Waals surface area contributed by atoms with Crippen molar-refractivity contribution in [1.29, 1.82) is 0 Å². The summed E-state index contributed by atoms with van der Waals surface area (Å²) in [5.74, 6) is 0.699. The Morgan fingerprint density at radius 3 is 2.67 bits per heavy atom. The van der Waals surface area contributed by atoms with Crippen molar-refractivity contribution in [1.82, 2.24) is 9.80 Å². The molecule has 4 nitrogen and oxygen atoms in total. The second-order valence-corrected chi connectivity index (χ2v) is 8.76. The van der Waals surface area contributed by atoms with E-state index in [2.05, 4.69) is 4.90 Å². The van der Waals surface area contributed by atoms with E-state index in [1.165, 1.54) is 50.9 Å². The Balaban J connectivity index is 1.31. The van der Waals surface area contributed by atoms with Gasteiger partial charge in [-0.25, -0.2) is 4.39 Å². The molecular weight excluding hydrogens is 343 g/mol. The van der Waals surface area contributed by atoms with Gasteiger partial charge in [-0.1, -0.05) is 12.1 Å². The smallest absolute Gasteiger partial charge is 0.227 e. The molecule has 148 valence electrons. The third-order valence-electron chi connectivity index (χ3n) is 6.66. The zero-order valence-electron chi connectivity index (χ0n) is 16.2. The van der Waals surface area contributed by atoms with E-state index in [0.29, 0.717) is 6.42 Å². The van der Waals surface area contributed by atoms with Gasteiger partial charge in [-0.15, -0.1) is 0 Å². The molecular formula is C22H31FN2O2. The van der Waals surface area contributed by atoms with Crippen LogP contribution in [0.1, 0.15) is 37.7 Å². The number of hydrogen-bond donors (Lipinski definition) is 0. The summed E-state index contributed by atoms with van der Waals surface area (Å²) in [5, 5.41) is 0. The minimum absolute atomic E-state index is 0.181. The van der Waals surface area contributed by atoms with Crippen molar-refractivity contribution in [3.05, 3.63) is 35.6 Å². The monoisotopic (exact) mass is 374 g/mol. The lowest BCUT2D eigenvalue weighted by Gasteiger charge is -2.42. The second-order valence-electron chi connectivity index (χ2n) is 8.76. The second kappa shape index (κ2) is 8.27. The minimum atomic E-state index is -0.252. The molecule has 0 N–H and O–H groups in total. The first kappa shape index (κ1) is 18.9. The van der Waals surface area contributed by atoms with Crippen LogP contribution in [0.2, 0.25) is 0 Å². The number of halogens is 1. The number of carbonyl (C=O) groups is 1. The first-order chi connectivity index (χ1) is 13.1. The van der Waals surface area contributed by atoms with Crippen LogP contribution in [0.4, 0.5) is 4.39 Å². The molecule has 0 aliphatic carbocycles. The molecule has 4 rings (SSSR count). The topological polar surface area (TPSA) is 32.8 Å². The fourth-order valence-corrected chi connectivity index (χ4v) is 5.13. The molecule has 0 bridgehead atoms. The molecule has 27 heavy (non-hydrogen) atoms. The Labute approximate surface area is 161 Å². The molecule has 1 aromatic rings. The van der Waals surface area contributed by atoms with E-state index in [-0.39, 0.29) is 17.1 Å². The van der Waals surface area contributed by atoms with Crippen molar-refractivity contribution in [3.8, 4) is 0 Å². The Kier molecular flexibility index (Phi) is 5.79. The lowest BCUT2D eigenvalue weighted by atomic mass is 9.79. The third-order valence-corrected chi connectivity index (χ3v) is 6.66. The maximum atomic E-state index is 13.1. The molecule has 1 aromatic carbocycles. The van der Waals surface area contributed by atoms with Crippen LogP contribution < -0.4 is 0 Å². The predicted molar refractivity (Wildman–Crippen MR) is 103 cm³/mol. The Hall–Kier alpha value is -1.46. The highest BCUT2D eigenvalue weighted by Crippen LogP contribution is 2.39. The highest BCUT2D eigenvalue weighted by Gasteiger charge is 2.42. The van der Waals surface area contributed by atoms with Gasteiger partial charge in [-0.2, -0.15) is 0 Å². The van der Waals surface area contributed by atoms with E-state index in [0.717, 1.165) is 50.8 Å². The normalized spacial score (nSPS) is 27.4. The van der Waals surface area contributed by atoms with Gasteiger partial charge in [0.05, 0.1) is 6.42 Å². The molecule has 1 spiro atoms. The summed E-state index contributed by atoms with van der Waals surface area (Å²) in [6.07, 6.45) is 6.34. The van der Waals surface area contributed by atoms with Crippen LogP contribution in [-0.4, -0.2) is 61.6 Å². The third kappa shape index (κ3) is 4.69. The van der Waals surface area contributed by atoms with Gasteiger partial charge in [0, 0.05) is 44.8 Å². The van der Waals surface area contributed by atoms with E-state index < -0.39 is 0 Å². The van der Waals surface area contributed by atoms with E-state index in [1.54, 1.807) is 12.1 Å². The van der Waals surface area contributed by atoms with Crippen LogP contribution in [0.15, 0.2) is 24.3 Å². The lowest BCUT2D eigenvalue weighted by Crippen LogP contribution is -2.47. The maximum absolute atomic E-state index is 13.1. The van der Waals surface area contributed by atoms with E-state index >= 15 is 0 Å². The van der Waals surface area contributed by atoms with Crippen LogP contribution in [0.5, 0.6) is 0 Å². The van der Waals surface area contributed by atoms with Gasteiger partial charge in [-0.05, 0) is 62.3 Å². The number of benzene rings is 1. The summed E-state index contributed by atoms with van der Waals surface area (Å²) >= 11 is 0. The molecule has 1 amide bonds. The number of amides is 1. The van der Waals surface area contributed by atoms with Gasteiger partial charge < -0.3 is 14.5 Å². The molecule has 1 unspecified atom stereocenters. The van der Waals surface area contributed by atoms with Crippen molar-refractivity contribution in [2.75, 3.05) is 45.9 Å². The number of piperidine rings is 1. The first-order valence-electron chi connectivity index (χ1n) is 10.4. The van der Waals surface area contributed by atoms with Crippen LogP contribution in [0.25, 0.3) is 0 Å². The standard InChI is InChI=1S/C22H31FN2O2/c23-20-4-2-18(3-5-20)14-21(26)25-11-9-22(17-25)8-1-10-24(16-22)15-19-6-12-27-13-7-19/h2-5,19H,1,6-17H2. The SMILES string of the molecule is O=C(Cc1ccc(F)cc1)N1CCC2(CCCN(CC3CCOCC3)C2)C1. The van der Waals surface area contributed by atoms with Gasteiger partial charge in [-0.3, -0.25) is 4.79 Å². The van der Waals surface area contributed by atoms with Gasteiger partial charge in [0.1, 0.15) is 5.82 Å². The summed E-state index contributed by atoms with van der Waals surface area (Å²) in [6, 6.07) is 6.30. The first-order valence-corrected chi connectivity index (χ1v) is 10.4. The van der Waals surface area contributed by atoms with Crippen molar-refractivity contribution in [2.45, 2.75) is 38.5 Å². The fourth-order valence-electron chi connectivity index (χ4n) is 5.13. The van der Waals surface area contributed by atoms with Crippen LogP contribution in [-0.2, 0) is 16.0 Å². The minimum Gasteiger partial charge on any atom is -0.381 e. The molecule has 3 heterocycles. The number of nitrogens with zero attached hydrogens (tertiary/aromatic N) is 2. The van der Waals surface area contributed by atoms with Crippen molar-refractivity contribution >= 4 is 5.91 Å². The summed E-state index contributed by atoms with van der Waals surface area (Å²) < 4.78 is 18.6. The number of rotatable bonds is 4. The Morgan fingerprint density at radius 2 is 1.89 bits per heavy atom. The van der Waals surface area contributed by atoms with E-state index in [9.17, 15) is 9.18 Å². The number of hydrogen-bond acceptors (Lipinski definition) is 3. The molecule has 3 saturated heterocycles. The quantitative estimate of drug-likeness (QED) is 0.812. The number of likely N-dealkylation sites (tertiary alicyclic amines) is 2. The number of carbonyl (C=O) groups excluding carboxylic acids is 1. The van der Waals surface area contributed by atoms with E-state index in [4.69, 9.17) is 4.74 Å². The molecule has 3 aliphatic heterocycles. The molecule has 3 aliphatic rings. The average molecular weight is 375 g/mol. The van der Waals surface area contributed by atoms with Gasteiger partial charge in [0.25, 0.3) is 0 Å². The molecule has 0 saturated carbocycles. The average Bonchev–Trinajstić information content (AvgIpc) is 3.08. The summed E-state index contributed by atoms with van der Waals surface area (Å²) in [6.45, 7) is 7.09. The van der Waals surface area contributed by atoms with Crippen LogP contribution in [0.3, 0.4) is 0 Å². The molecule has 0 radical (unpaired) electrons. The predicted octanol–water partition coefficient (Wildman–Crippen LogP) is 3.11. The van der Waals surface area contributed by atoms with Crippen molar-refractivity contribution < 1.29 is 13.9 Å². The van der Waals surface area contributed by atoms with Gasteiger partial charge in [0.15, 0.2) is 0 Å². The maximum Gasteiger partial charge on any atom is 0.227 e. The Bertz CT molecular complexity index is 644. The van der Waals surface area contributed by atoms with E-state index in [1.807, 2.05) is 4.90 Å². The van der Waals surface area contributed by atoms with Crippen LogP contribution in [0, 0.1) is 17.2 Å². The largest absolute Gasteiger partial charge is 0.381 e. The molecule has 1 atom stereocenters. The Morgan fingerprint density at radius 1 is 1.11 bits per heavy atom. The highest BCUT2D eigenvalue weighted by atomic mass is 19.1. The zero-order chi connectivity index (χ0) is 18.7. The molecule has 0 aromatic heterocycles. The van der Waals surface area contributed by atoms with Crippen molar-refractivity contribution in [3.63, 3.8) is 0 Å². The van der Waals surface area contributed by atoms with Crippen LogP contribution >= 0.6 is 0 Å². The summed E-state index contributed by atoms with van der Waals surface area (Å²) in [4.78, 5) is 17.4.